The van der Waals surface area contributed by atoms with Gasteiger partial charge in [0.05, 0.1) is 0 Å². The number of nitrogens with one attached hydrogen (secondary N) is 2. The maximum Gasteiger partial charge on any atom is 0.315 e. The molecule has 4 atom stereocenters. The molecule has 3 fully saturated rings. The van der Waals surface area contributed by atoms with E-state index in [2.05, 4.69) is 17.6 Å². The first-order valence-corrected chi connectivity index (χ1v) is 8.29. The number of carbonyl (C=O) groups excluding carboxylic acids is 1. The number of rotatable bonds is 3. The van der Waals surface area contributed by atoms with Crippen LogP contribution in [0.4, 0.5) is 4.79 Å². The standard InChI is InChI=1S/C16H28N2O/c1-11(15-10-12-7-8-13(15)9-12)17-16(19)18-14-5-3-2-4-6-14/h11-15H,2-10H2,1H3,(H2,17,18,19)/t11-,12-,13-,15-/m1/s1. The first-order valence-electron chi connectivity index (χ1n) is 8.29. The quantitative estimate of drug-likeness (QED) is 0.805. The van der Waals surface area contributed by atoms with Crippen LogP contribution in [0.15, 0.2) is 0 Å². The van der Waals surface area contributed by atoms with Crippen molar-refractivity contribution < 1.29 is 4.79 Å². The zero-order valence-electron chi connectivity index (χ0n) is 12.2. The van der Waals surface area contributed by atoms with Crippen molar-refractivity contribution in [3.05, 3.63) is 0 Å². The third-order valence-corrected chi connectivity index (χ3v) is 5.73. The average Bonchev–Trinajstić information content (AvgIpc) is 3.02. The molecule has 0 aromatic heterocycles. The Labute approximate surface area is 116 Å². The van der Waals surface area contributed by atoms with Crippen LogP contribution in [-0.2, 0) is 0 Å². The zero-order valence-corrected chi connectivity index (χ0v) is 12.2. The Morgan fingerprint density at radius 2 is 1.84 bits per heavy atom. The molecule has 2 amide bonds. The highest BCUT2D eigenvalue weighted by atomic mass is 16.2. The minimum Gasteiger partial charge on any atom is -0.335 e. The molecule has 3 saturated carbocycles. The molecule has 0 aliphatic heterocycles. The fourth-order valence-electron chi connectivity index (χ4n) is 4.69. The molecule has 3 aliphatic rings. The highest BCUT2D eigenvalue weighted by Crippen LogP contribution is 2.49. The molecule has 0 aromatic carbocycles. The minimum atomic E-state index is 0.0715. The summed E-state index contributed by atoms with van der Waals surface area (Å²) < 4.78 is 0. The van der Waals surface area contributed by atoms with Crippen molar-refractivity contribution in [3.8, 4) is 0 Å². The lowest BCUT2D eigenvalue weighted by Gasteiger charge is -2.30. The van der Waals surface area contributed by atoms with E-state index in [9.17, 15) is 4.79 Å². The third-order valence-electron chi connectivity index (χ3n) is 5.73. The molecular formula is C16H28N2O. The molecule has 19 heavy (non-hydrogen) atoms. The van der Waals surface area contributed by atoms with Gasteiger partial charge >= 0.3 is 6.03 Å². The zero-order chi connectivity index (χ0) is 13.2. The van der Waals surface area contributed by atoms with Crippen LogP contribution in [0.3, 0.4) is 0 Å². The molecule has 3 nitrogen and oxygen atoms in total. The molecule has 0 saturated heterocycles. The van der Waals surface area contributed by atoms with Gasteiger partial charge in [-0.3, -0.25) is 0 Å². The second-order valence-electron chi connectivity index (χ2n) is 7.08. The average molecular weight is 264 g/mol. The maximum absolute atomic E-state index is 12.1. The lowest BCUT2D eigenvalue weighted by molar-refractivity contribution is 0.213. The molecule has 3 rings (SSSR count). The largest absolute Gasteiger partial charge is 0.335 e. The molecule has 3 aliphatic carbocycles. The summed E-state index contributed by atoms with van der Waals surface area (Å²) >= 11 is 0. The van der Waals surface area contributed by atoms with Crippen molar-refractivity contribution in [2.75, 3.05) is 0 Å². The van der Waals surface area contributed by atoms with Crippen LogP contribution in [0.1, 0.15) is 64.7 Å². The van der Waals surface area contributed by atoms with Gasteiger partial charge in [-0.05, 0) is 56.8 Å². The SMILES string of the molecule is C[C@@H](NC(=O)NC1CCCCC1)[C@H]1C[C@@H]2CC[C@@H]1C2. The Hall–Kier alpha value is -0.730. The fraction of sp³-hybridized carbons (Fsp3) is 0.938. The van der Waals surface area contributed by atoms with E-state index in [1.54, 1.807) is 0 Å². The summed E-state index contributed by atoms with van der Waals surface area (Å²) in [6, 6.07) is 0.835. The summed E-state index contributed by atoms with van der Waals surface area (Å²) in [5.74, 6) is 2.58. The van der Waals surface area contributed by atoms with Gasteiger partial charge in [0.1, 0.15) is 0 Å². The molecule has 2 bridgehead atoms. The number of urea groups is 1. The summed E-state index contributed by atoms with van der Waals surface area (Å²) in [4.78, 5) is 12.1. The second kappa shape index (κ2) is 5.72. The van der Waals surface area contributed by atoms with Gasteiger partial charge in [-0.15, -0.1) is 0 Å². The molecule has 0 spiro atoms. The maximum atomic E-state index is 12.1. The topological polar surface area (TPSA) is 41.1 Å². The Bertz CT molecular complexity index is 325. The van der Waals surface area contributed by atoms with Crippen molar-refractivity contribution >= 4 is 6.03 Å². The molecule has 0 unspecified atom stereocenters. The summed E-state index contributed by atoms with van der Waals surface area (Å²) in [7, 11) is 0. The number of carbonyl (C=O) groups is 1. The van der Waals surface area contributed by atoms with E-state index >= 15 is 0 Å². The van der Waals surface area contributed by atoms with E-state index in [1.165, 1.54) is 44.9 Å². The highest BCUT2D eigenvalue weighted by molar-refractivity contribution is 5.74. The highest BCUT2D eigenvalue weighted by Gasteiger charge is 2.42. The van der Waals surface area contributed by atoms with E-state index in [-0.39, 0.29) is 6.03 Å². The van der Waals surface area contributed by atoms with Crippen molar-refractivity contribution in [2.45, 2.75) is 76.8 Å². The summed E-state index contributed by atoms with van der Waals surface area (Å²) in [6.45, 7) is 2.20. The Balaban J connectivity index is 1.43. The third kappa shape index (κ3) is 3.06. The lowest BCUT2D eigenvalue weighted by atomic mass is 9.84. The Morgan fingerprint density at radius 3 is 2.47 bits per heavy atom. The molecule has 0 radical (unpaired) electrons. The smallest absolute Gasteiger partial charge is 0.315 e. The Morgan fingerprint density at radius 1 is 1.05 bits per heavy atom. The minimum absolute atomic E-state index is 0.0715. The molecular weight excluding hydrogens is 236 g/mol. The van der Waals surface area contributed by atoms with E-state index < -0.39 is 0 Å². The van der Waals surface area contributed by atoms with Gasteiger partial charge < -0.3 is 10.6 Å². The lowest BCUT2D eigenvalue weighted by Crippen LogP contribution is -2.48. The fourth-order valence-corrected chi connectivity index (χ4v) is 4.69. The van der Waals surface area contributed by atoms with Gasteiger partial charge in [0.2, 0.25) is 0 Å². The van der Waals surface area contributed by atoms with Crippen molar-refractivity contribution in [3.63, 3.8) is 0 Å². The second-order valence-corrected chi connectivity index (χ2v) is 7.08. The van der Waals surface area contributed by atoms with Crippen molar-refractivity contribution in [2.24, 2.45) is 17.8 Å². The van der Waals surface area contributed by atoms with E-state index in [0.29, 0.717) is 12.1 Å². The van der Waals surface area contributed by atoms with Crippen LogP contribution < -0.4 is 10.6 Å². The van der Waals surface area contributed by atoms with Crippen LogP contribution in [0.5, 0.6) is 0 Å². The molecule has 2 N–H and O–H groups in total. The first kappa shape index (κ1) is 13.3. The summed E-state index contributed by atoms with van der Waals surface area (Å²) in [5.41, 5.74) is 0. The summed E-state index contributed by atoms with van der Waals surface area (Å²) in [6.07, 6.45) is 11.8. The number of hydrogen-bond donors (Lipinski definition) is 2. The number of hydrogen-bond acceptors (Lipinski definition) is 1. The van der Waals surface area contributed by atoms with Crippen LogP contribution in [-0.4, -0.2) is 18.1 Å². The number of fused-ring (bicyclic) bond motifs is 2. The molecule has 3 heteroatoms. The van der Waals surface area contributed by atoms with Gasteiger partial charge in [0.15, 0.2) is 0 Å². The van der Waals surface area contributed by atoms with Gasteiger partial charge in [-0.1, -0.05) is 25.7 Å². The normalized spacial score (nSPS) is 36.2. The van der Waals surface area contributed by atoms with E-state index in [0.717, 1.165) is 30.6 Å². The molecule has 0 aromatic rings. The first-order chi connectivity index (χ1) is 9.22. The Kier molecular flexibility index (Phi) is 3.99. The summed E-state index contributed by atoms with van der Waals surface area (Å²) in [5, 5.41) is 6.37. The predicted octanol–water partition coefficient (Wildman–Crippen LogP) is 3.44. The van der Waals surface area contributed by atoms with Crippen LogP contribution >= 0.6 is 0 Å². The van der Waals surface area contributed by atoms with Gasteiger partial charge in [0.25, 0.3) is 0 Å². The molecule has 108 valence electrons. The van der Waals surface area contributed by atoms with E-state index in [1.807, 2.05) is 0 Å². The monoisotopic (exact) mass is 264 g/mol. The van der Waals surface area contributed by atoms with Crippen LogP contribution in [0, 0.1) is 17.8 Å². The molecule has 0 heterocycles. The van der Waals surface area contributed by atoms with Crippen LogP contribution in [0.2, 0.25) is 0 Å². The van der Waals surface area contributed by atoms with Gasteiger partial charge in [-0.2, -0.15) is 0 Å². The van der Waals surface area contributed by atoms with Gasteiger partial charge in [0, 0.05) is 12.1 Å². The van der Waals surface area contributed by atoms with Crippen molar-refractivity contribution in [1.82, 2.24) is 10.6 Å². The van der Waals surface area contributed by atoms with E-state index in [4.69, 9.17) is 0 Å². The van der Waals surface area contributed by atoms with Crippen LogP contribution in [0.25, 0.3) is 0 Å². The number of amides is 2. The van der Waals surface area contributed by atoms with Gasteiger partial charge in [-0.25, -0.2) is 4.79 Å². The van der Waals surface area contributed by atoms with Crippen molar-refractivity contribution in [1.29, 1.82) is 0 Å². The predicted molar refractivity (Wildman–Crippen MR) is 76.9 cm³/mol.